The van der Waals surface area contributed by atoms with E-state index in [0.29, 0.717) is 11.3 Å². The molecule has 2 aromatic carbocycles. The molecule has 0 aliphatic carbocycles. The number of aromatic nitrogens is 1. The summed E-state index contributed by atoms with van der Waals surface area (Å²) < 4.78 is 33.0. The molecule has 9 heteroatoms. The maximum absolute atomic E-state index is 12.4. The van der Waals surface area contributed by atoms with Crippen molar-refractivity contribution in [3.05, 3.63) is 53.3 Å². The van der Waals surface area contributed by atoms with Crippen LogP contribution in [0, 0.1) is 0 Å². The van der Waals surface area contributed by atoms with Crippen molar-refractivity contribution in [2.24, 2.45) is 4.99 Å². The Labute approximate surface area is 171 Å². The van der Waals surface area contributed by atoms with E-state index in [1.54, 1.807) is 37.1 Å². The fourth-order valence-electron chi connectivity index (χ4n) is 2.68. The van der Waals surface area contributed by atoms with E-state index in [9.17, 15) is 13.2 Å². The molecule has 0 N–H and O–H groups in total. The Kier molecular flexibility index (Phi) is 6.58. The van der Waals surface area contributed by atoms with Gasteiger partial charge in [0.25, 0.3) is 5.91 Å². The third-order valence-electron chi connectivity index (χ3n) is 4.05. The molecule has 0 aliphatic rings. The highest BCUT2D eigenvalue weighted by molar-refractivity contribution is 7.98. The summed E-state index contributed by atoms with van der Waals surface area (Å²) in [5, 5.41) is 0. The minimum atomic E-state index is -3.72. The molecule has 148 valence electrons. The number of carbonyl (C=O) groups is 1. The van der Waals surface area contributed by atoms with Gasteiger partial charge < -0.3 is 9.30 Å². The molecule has 0 saturated carbocycles. The molecule has 0 radical (unpaired) electrons. The van der Waals surface area contributed by atoms with Crippen molar-refractivity contribution in [1.82, 2.24) is 4.57 Å². The van der Waals surface area contributed by atoms with Gasteiger partial charge in [-0.1, -0.05) is 29.5 Å². The Balaban J connectivity index is 1.98. The van der Waals surface area contributed by atoms with Crippen molar-refractivity contribution in [1.29, 1.82) is 0 Å². The van der Waals surface area contributed by atoms with Crippen LogP contribution in [-0.2, 0) is 21.2 Å². The maximum atomic E-state index is 12.4. The lowest BCUT2D eigenvalue weighted by molar-refractivity contribution is -0.115. The summed E-state index contributed by atoms with van der Waals surface area (Å²) in [6, 6.07) is 13.6. The van der Waals surface area contributed by atoms with E-state index < -0.39 is 21.5 Å². The van der Waals surface area contributed by atoms with Crippen molar-refractivity contribution >= 4 is 49.1 Å². The van der Waals surface area contributed by atoms with Gasteiger partial charge in [-0.2, -0.15) is 16.8 Å². The zero-order valence-corrected chi connectivity index (χ0v) is 17.9. The summed E-state index contributed by atoms with van der Waals surface area (Å²) in [7, 11) is -2.13. The normalized spacial score (nSPS) is 12.4. The van der Waals surface area contributed by atoms with Crippen LogP contribution in [0.5, 0.6) is 5.75 Å². The van der Waals surface area contributed by atoms with Crippen molar-refractivity contribution in [2.45, 2.75) is 11.4 Å². The zero-order valence-electron chi connectivity index (χ0n) is 15.5. The standard InChI is InChI=1S/C19H20N2O4S3/c1-25-14-8-9-16-17(12-14)27-19(21(16)10-11-26-2)20-18(22)13-28(23,24)15-6-4-3-5-7-15/h3-9,12H,10-11,13H2,1-2H3. The van der Waals surface area contributed by atoms with Crippen LogP contribution in [0.2, 0.25) is 0 Å². The van der Waals surface area contributed by atoms with Crippen LogP contribution in [-0.4, -0.2) is 43.8 Å². The van der Waals surface area contributed by atoms with E-state index in [2.05, 4.69) is 4.99 Å². The number of rotatable bonds is 7. The largest absolute Gasteiger partial charge is 0.497 e. The van der Waals surface area contributed by atoms with Crippen molar-refractivity contribution in [3.63, 3.8) is 0 Å². The second-order valence-electron chi connectivity index (χ2n) is 5.94. The third-order valence-corrected chi connectivity index (χ3v) is 7.29. The van der Waals surface area contributed by atoms with Gasteiger partial charge in [0, 0.05) is 12.3 Å². The smallest absolute Gasteiger partial charge is 0.263 e. The number of fused-ring (bicyclic) bond motifs is 1. The first-order valence-electron chi connectivity index (χ1n) is 8.46. The Morgan fingerprint density at radius 3 is 2.64 bits per heavy atom. The molecule has 0 fully saturated rings. The highest BCUT2D eigenvalue weighted by Gasteiger charge is 2.19. The van der Waals surface area contributed by atoms with Crippen LogP contribution in [0.25, 0.3) is 10.2 Å². The first kappa shape index (κ1) is 20.6. The van der Waals surface area contributed by atoms with Crippen LogP contribution < -0.4 is 9.54 Å². The highest BCUT2D eigenvalue weighted by Crippen LogP contribution is 2.23. The Morgan fingerprint density at radius 2 is 1.96 bits per heavy atom. The van der Waals surface area contributed by atoms with E-state index >= 15 is 0 Å². The minimum absolute atomic E-state index is 0.120. The quantitative estimate of drug-likeness (QED) is 0.569. The number of hydrogen-bond donors (Lipinski definition) is 0. The van der Waals surface area contributed by atoms with Crippen molar-refractivity contribution in [2.75, 3.05) is 24.9 Å². The summed E-state index contributed by atoms with van der Waals surface area (Å²) >= 11 is 3.03. The summed E-state index contributed by atoms with van der Waals surface area (Å²) in [4.78, 5) is 17.2. The van der Waals surface area contributed by atoms with Gasteiger partial charge >= 0.3 is 0 Å². The van der Waals surface area contributed by atoms with E-state index in [4.69, 9.17) is 4.74 Å². The van der Waals surface area contributed by atoms with Crippen LogP contribution in [0.4, 0.5) is 0 Å². The zero-order chi connectivity index (χ0) is 20.1. The van der Waals surface area contributed by atoms with Gasteiger partial charge in [-0.15, -0.1) is 0 Å². The second kappa shape index (κ2) is 8.93. The average molecular weight is 437 g/mol. The van der Waals surface area contributed by atoms with Crippen LogP contribution in [0.15, 0.2) is 58.4 Å². The number of thiazole rings is 1. The molecule has 3 aromatic rings. The van der Waals surface area contributed by atoms with Gasteiger partial charge in [-0.25, -0.2) is 8.42 Å². The Hall–Kier alpha value is -2.10. The molecular weight excluding hydrogens is 416 g/mol. The SMILES string of the molecule is COc1ccc2c(c1)sc(=NC(=O)CS(=O)(=O)c1ccccc1)n2CCSC. The van der Waals surface area contributed by atoms with Gasteiger partial charge in [-0.3, -0.25) is 4.79 Å². The fourth-order valence-corrected chi connectivity index (χ4v) is 5.27. The third kappa shape index (κ3) is 4.65. The number of ether oxygens (including phenoxy) is 1. The van der Waals surface area contributed by atoms with Gasteiger partial charge in [-0.05, 0) is 36.6 Å². The predicted octanol–water partition coefficient (Wildman–Crippen LogP) is 2.98. The van der Waals surface area contributed by atoms with Crippen LogP contribution in [0.3, 0.4) is 0 Å². The number of sulfone groups is 1. The number of hydrogen-bond acceptors (Lipinski definition) is 6. The molecule has 1 heterocycles. The monoisotopic (exact) mass is 436 g/mol. The first-order valence-corrected chi connectivity index (χ1v) is 12.3. The molecule has 0 bridgehead atoms. The van der Waals surface area contributed by atoms with E-state index in [0.717, 1.165) is 21.7 Å². The average Bonchev–Trinajstić information content (AvgIpc) is 3.02. The number of methoxy groups -OCH3 is 1. The van der Waals surface area contributed by atoms with Crippen molar-refractivity contribution < 1.29 is 17.9 Å². The molecule has 1 aromatic heterocycles. The number of aryl methyl sites for hydroxylation is 1. The second-order valence-corrected chi connectivity index (χ2v) is 9.92. The summed E-state index contributed by atoms with van der Waals surface area (Å²) in [5.74, 6) is 0.231. The summed E-state index contributed by atoms with van der Waals surface area (Å²) in [6.45, 7) is 0.672. The molecule has 0 atom stereocenters. The molecule has 3 rings (SSSR count). The number of benzene rings is 2. The minimum Gasteiger partial charge on any atom is -0.497 e. The highest BCUT2D eigenvalue weighted by atomic mass is 32.2. The molecule has 6 nitrogen and oxygen atoms in total. The molecular formula is C19H20N2O4S3. The molecule has 0 unspecified atom stereocenters. The molecule has 0 saturated heterocycles. The molecule has 28 heavy (non-hydrogen) atoms. The first-order chi connectivity index (χ1) is 13.4. The van der Waals surface area contributed by atoms with E-state index in [-0.39, 0.29) is 4.90 Å². The number of amides is 1. The van der Waals surface area contributed by atoms with Crippen molar-refractivity contribution in [3.8, 4) is 5.75 Å². The summed E-state index contributed by atoms with van der Waals surface area (Å²) in [5.41, 5.74) is 0.942. The van der Waals surface area contributed by atoms with Gasteiger partial charge in [0.15, 0.2) is 14.6 Å². The van der Waals surface area contributed by atoms with Gasteiger partial charge in [0.1, 0.15) is 11.5 Å². The van der Waals surface area contributed by atoms with E-state index in [1.807, 2.05) is 29.0 Å². The molecule has 1 amide bonds. The van der Waals surface area contributed by atoms with Gasteiger partial charge in [0.05, 0.1) is 22.2 Å². The Morgan fingerprint density at radius 1 is 1.21 bits per heavy atom. The molecule has 0 spiro atoms. The fraction of sp³-hybridized carbons (Fsp3) is 0.263. The number of thioether (sulfide) groups is 1. The molecule has 0 aliphatic heterocycles. The topological polar surface area (TPSA) is 77.7 Å². The van der Waals surface area contributed by atoms with Crippen LogP contribution in [0.1, 0.15) is 0 Å². The van der Waals surface area contributed by atoms with Crippen LogP contribution >= 0.6 is 23.1 Å². The maximum Gasteiger partial charge on any atom is 0.263 e. The number of carbonyl (C=O) groups excluding carboxylic acids is 1. The summed E-state index contributed by atoms with van der Waals surface area (Å²) in [6.07, 6.45) is 2.01. The lowest BCUT2D eigenvalue weighted by atomic mass is 10.3. The Bertz CT molecular complexity index is 1150. The van der Waals surface area contributed by atoms with Gasteiger partial charge in [0.2, 0.25) is 0 Å². The van der Waals surface area contributed by atoms with E-state index in [1.165, 1.54) is 23.5 Å². The predicted molar refractivity (Wildman–Crippen MR) is 114 cm³/mol. The number of nitrogens with zero attached hydrogens (tertiary/aromatic N) is 2. The lowest BCUT2D eigenvalue weighted by Gasteiger charge is -2.05. The lowest BCUT2D eigenvalue weighted by Crippen LogP contribution is -2.21.